The molecular weight excluding hydrogens is 496 g/mol. The van der Waals surface area contributed by atoms with Crippen LogP contribution in [0.3, 0.4) is 0 Å². The van der Waals surface area contributed by atoms with Crippen molar-refractivity contribution in [2.75, 3.05) is 45.1 Å². The van der Waals surface area contributed by atoms with Gasteiger partial charge < -0.3 is 19.9 Å². The standard InChI is InChI=1S/C26H32N4O6S/c1-20(31)37-18-15-29(12-11-21-5-3-2-4-6-21)26(33)27-24(25(32)28-13-16-36-17-14-28)19-22-7-9-23(10-8-22)30(34)35/h2-10,24H,11-19H2,1H3,(H,27,33). The van der Waals surface area contributed by atoms with Crippen molar-refractivity contribution in [3.8, 4) is 0 Å². The number of ether oxygens (including phenoxy) is 1. The minimum absolute atomic E-state index is 0.0260. The Kier molecular flexibility index (Phi) is 10.9. The lowest BCUT2D eigenvalue weighted by atomic mass is 10.0. The van der Waals surface area contributed by atoms with E-state index in [1.165, 1.54) is 19.1 Å². The third-order valence-corrected chi connectivity index (χ3v) is 6.77. The zero-order valence-electron chi connectivity index (χ0n) is 20.8. The average Bonchev–Trinajstić information content (AvgIpc) is 2.91. The molecule has 1 aliphatic heterocycles. The van der Waals surface area contributed by atoms with Crippen LogP contribution in [0.15, 0.2) is 54.6 Å². The first-order valence-corrected chi connectivity index (χ1v) is 13.1. The fraction of sp³-hybridized carbons (Fsp3) is 0.423. The van der Waals surface area contributed by atoms with Gasteiger partial charge in [0, 0.05) is 57.4 Å². The lowest BCUT2D eigenvalue weighted by Gasteiger charge is -2.32. The maximum Gasteiger partial charge on any atom is 0.318 e. The van der Waals surface area contributed by atoms with Crippen LogP contribution in [0.1, 0.15) is 18.1 Å². The number of rotatable bonds is 11. The van der Waals surface area contributed by atoms with Crippen LogP contribution in [-0.4, -0.2) is 83.0 Å². The molecule has 1 unspecified atom stereocenters. The molecule has 1 N–H and O–H groups in total. The summed E-state index contributed by atoms with van der Waals surface area (Å²) in [4.78, 5) is 52.1. The largest absolute Gasteiger partial charge is 0.378 e. The van der Waals surface area contributed by atoms with E-state index < -0.39 is 17.0 Å². The number of benzene rings is 2. The molecule has 11 heteroatoms. The Hall–Kier alpha value is -3.44. The fourth-order valence-electron chi connectivity index (χ4n) is 3.96. The maximum absolute atomic E-state index is 13.4. The molecule has 0 bridgehead atoms. The summed E-state index contributed by atoms with van der Waals surface area (Å²) in [5.41, 5.74) is 1.73. The summed E-state index contributed by atoms with van der Waals surface area (Å²) in [5.74, 6) is 0.221. The number of amides is 3. The number of nitrogens with zero attached hydrogens (tertiary/aromatic N) is 3. The lowest BCUT2D eigenvalue weighted by molar-refractivity contribution is -0.384. The SMILES string of the molecule is CC(=O)SCCN(CCc1ccccc1)C(=O)NC(Cc1ccc([N+](=O)[O-])cc1)C(=O)N1CCOCC1. The number of carbonyl (C=O) groups is 3. The molecule has 0 spiro atoms. The molecule has 2 aromatic carbocycles. The molecule has 10 nitrogen and oxygen atoms in total. The number of morpholine rings is 1. The van der Waals surface area contributed by atoms with Crippen LogP contribution in [-0.2, 0) is 27.2 Å². The fourth-order valence-corrected chi connectivity index (χ4v) is 4.56. The van der Waals surface area contributed by atoms with Gasteiger partial charge in [0.25, 0.3) is 5.69 Å². The monoisotopic (exact) mass is 528 g/mol. The van der Waals surface area contributed by atoms with E-state index in [4.69, 9.17) is 4.74 Å². The van der Waals surface area contributed by atoms with Crippen molar-refractivity contribution < 1.29 is 24.0 Å². The molecule has 0 aliphatic carbocycles. The molecule has 1 atom stereocenters. The molecule has 37 heavy (non-hydrogen) atoms. The van der Waals surface area contributed by atoms with Gasteiger partial charge in [0.05, 0.1) is 18.1 Å². The summed E-state index contributed by atoms with van der Waals surface area (Å²) in [5, 5.41) is 13.9. The molecule has 0 saturated carbocycles. The number of carbonyl (C=O) groups excluding carboxylic acids is 3. The summed E-state index contributed by atoms with van der Waals surface area (Å²) in [6, 6.07) is 14.5. The van der Waals surface area contributed by atoms with Gasteiger partial charge in [-0.2, -0.15) is 0 Å². The van der Waals surface area contributed by atoms with Crippen LogP contribution in [0, 0.1) is 10.1 Å². The van der Waals surface area contributed by atoms with Crippen molar-refractivity contribution in [3.63, 3.8) is 0 Å². The van der Waals surface area contributed by atoms with E-state index in [-0.39, 0.29) is 23.1 Å². The Morgan fingerprint density at radius 1 is 1.05 bits per heavy atom. The van der Waals surface area contributed by atoms with Gasteiger partial charge in [-0.05, 0) is 17.5 Å². The average molecular weight is 529 g/mol. The predicted molar refractivity (Wildman–Crippen MR) is 141 cm³/mol. The van der Waals surface area contributed by atoms with Gasteiger partial charge in [-0.15, -0.1) is 0 Å². The van der Waals surface area contributed by atoms with Crippen molar-refractivity contribution >= 4 is 34.5 Å². The van der Waals surface area contributed by atoms with Crippen molar-refractivity contribution in [2.45, 2.75) is 25.8 Å². The number of hydrogen-bond donors (Lipinski definition) is 1. The number of nitro benzene ring substituents is 1. The van der Waals surface area contributed by atoms with Crippen LogP contribution in [0.4, 0.5) is 10.5 Å². The summed E-state index contributed by atoms with van der Waals surface area (Å²) in [6.07, 6.45) is 0.818. The quantitative estimate of drug-likeness (QED) is 0.351. The van der Waals surface area contributed by atoms with E-state index in [1.807, 2.05) is 30.3 Å². The first-order chi connectivity index (χ1) is 17.8. The van der Waals surface area contributed by atoms with Crippen LogP contribution in [0.25, 0.3) is 0 Å². The van der Waals surface area contributed by atoms with Crippen molar-refractivity contribution in [3.05, 3.63) is 75.8 Å². The molecule has 1 saturated heterocycles. The van der Waals surface area contributed by atoms with E-state index in [0.717, 1.165) is 17.3 Å². The molecule has 1 fully saturated rings. The number of nitrogens with one attached hydrogen (secondary N) is 1. The van der Waals surface area contributed by atoms with E-state index in [1.54, 1.807) is 21.9 Å². The second kappa shape index (κ2) is 14.3. The van der Waals surface area contributed by atoms with Gasteiger partial charge in [-0.3, -0.25) is 19.7 Å². The van der Waals surface area contributed by atoms with Gasteiger partial charge in [0.2, 0.25) is 5.91 Å². The summed E-state index contributed by atoms with van der Waals surface area (Å²) >= 11 is 1.15. The highest BCUT2D eigenvalue weighted by atomic mass is 32.2. The highest BCUT2D eigenvalue weighted by Crippen LogP contribution is 2.15. The van der Waals surface area contributed by atoms with E-state index in [2.05, 4.69) is 5.32 Å². The molecule has 3 amide bonds. The van der Waals surface area contributed by atoms with E-state index >= 15 is 0 Å². The molecule has 1 heterocycles. The van der Waals surface area contributed by atoms with Gasteiger partial charge in [0.15, 0.2) is 5.12 Å². The van der Waals surface area contributed by atoms with Crippen LogP contribution in [0.5, 0.6) is 0 Å². The zero-order valence-corrected chi connectivity index (χ0v) is 21.7. The first-order valence-electron chi connectivity index (χ1n) is 12.2. The predicted octanol–water partition coefficient (Wildman–Crippen LogP) is 2.90. The Bertz CT molecular complexity index is 1060. The minimum Gasteiger partial charge on any atom is -0.378 e. The maximum atomic E-state index is 13.4. The first kappa shape index (κ1) is 28.1. The second-order valence-electron chi connectivity index (χ2n) is 8.63. The topological polar surface area (TPSA) is 122 Å². The van der Waals surface area contributed by atoms with E-state index in [9.17, 15) is 24.5 Å². The summed E-state index contributed by atoms with van der Waals surface area (Å²) in [7, 11) is 0. The number of urea groups is 1. The number of non-ortho nitro benzene ring substituents is 1. The van der Waals surface area contributed by atoms with Crippen LogP contribution in [0.2, 0.25) is 0 Å². The molecular formula is C26H32N4O6S. The van der Waals surface area contributed by atoms with Crippen LogP contribution >= 0.6 is 11.8 Å². The second-order valence-corrected chi connectivity index (χ2v) is 9.90. The summed E-state index contributed by atoms with van der Waals surface area (Å²) < 4.78 is 5.36. The molecule has 0 radical (unpaired) electrons. The molecule has 198 valence electrons. The minimum atomic E-state index is -0.855. The third kappa shape index (κ3) is 9.18. The lowest BCUT2D eigenvalue weighted by Crippen LogP contribution is -2.55. The zero-order chi connectivity index (χ0) is 26.6. The summed E-state index contributed by atoms with van der Waals surface area (Å²) in [6.45, 7) is 3.96. The Balaban J connectivity index is 1.75. The Morgan fingerprint density at radius 2 is 1.73 bits per heavy atom. The van der Waals surface area contributed by atoms with Gasteiger partial charge in [-0.1, -0.05) is 54.2 Å². The van der Waals surface area contributed by atoms with Crippen molar-refractivity contribution in [1.29, 1.82) is 0 Å². The third-order valence-electron chi connectivity index (χ3n) is 5.97. The van der Waals surface area contributed by atoms with Crippen molar-refractivity contribution in [2.24, 2.45) is 0 Å². The highest BCUT2D eigenvalue weighted by Gasteiger charge is 2.29. The highest BCUT2D eigenvalue weighted by molar-refractivity contribution is 8.13. The van der Waals surface area contributed by atoms with Gasteiger partial charge in [0.1, 0.15) is 6.04 Å². The Labute approximate surface area is 220 Å². The molecule has 3 rings (SSSR count). The number of nitro groups is 1. The molecule has 2 aromatic rings. The van der Waals surface area contributed by atoms with Gasteiger partial charge >= 0.3 is 6.03 Å². The Morgan fingerprint density at radius 3 is 2.35 bits per heavy atom. The molecule has 1 aliphatic rings. The molecule has 0 aromatic heterocycles. The van der Waals surface area contributed by atoms with Crippen molar-refractivity contribution in [1.82, 2.24) is 15.1 Å². The van der Waals surface area contributed by atoms with Crippen LogP contribution < -0.4 is 5.32 Å². The van der Waals surface area contributed by atoms with E-state index in [0.29, 0.717) is 57.1 Å². The number of hydrogen-bond acceptors (Lipinski definition) is 7. The smallest absolute Gasteiger partial charge is 0.318 e. The number of thioether (sulfide) groups is 1. The van der Waals surface area contributed by atoms with Gasteiger partial charge in [-0.25, -0.2) is 4.79 Å². The normalized spacial score (nSPS) is 14.0.